The van der Waals surface area contributed by atoms with Crippen molar-refractivity contribution in [2.75, 3.05) is 42.9 Å². The van der Waals surface area contributed by atoms with Gasteiger partial charge >= 0.3 is 5.97 Å². The Morgan fingerprint density at radius 3 is 2.53 bits per heavy atom. The van der Waals surface area contributed by atoms with Crippen LogP contribution in [-0.2, 0) is 16.0 Å². The number of benzene rings is 3. The van der Waals surface area contributed by atoms with E-state index in [1.54, 1.807) is 0 Å². The molecule has 1 saturated heterocycles. The van der Waals surface area contributed by atoms with Crippen molar-refractivity contribution >= 4 is 46.8 Å². The number of anilines is 2. The van der Waals surface area contributed by atoms with Crippen LogP contribution in [0.15, 0.2) is 67.0 Å². The summed E-state index contributed by atoms with van der Waals surface area (Å²) in [4.78, 5) is 42.9. The van der Waals surface area contributed by atoms with Crippen molar-refractivity contribution in [2.24, 2.45) is 0 Å². The van der Waals surface area contributed by atoms with Crippen molar-refractivity contribution < 1.29 is 23.9 Å². The van der Waals surface area contributed by atoms with Crippen LogP contribution >= 0.6 is 11.6 Å². The molecule has 1 atom stereocenters. The van der Waals surface area contributed by atoms with Gasteiger partial charge in [-0.1, -0.05) is 23.7 Å². The minimum atomic E-state index is -1.08. The molecule has 6 rings (SSSR count). The quantitative estimate of drug-likeness (QED) is 0.262. The zero-order chi connectivity index (χ0) is 31.5. The first-order valence-electron chi connectivity index (χ1n) is 14.2. The monoisotopic (exact) mass is 630 g/mol. The number of hydrogen-bond donors (Lipinski definition) is 3. The van der Waals surface area contributed by atoms with Gasteiger partial charge in [0.15, 0.2) is 0 Å². The molecule has 12 nitrogen and oxygen atoms in total. The number of nitrogens with one attached hydrogen (secondary N) is 2. The number of hydrogen-bond acceptors (Lipinski definition) is 8. The van der Waals surface area contributed by atoms with Crippen LogP contribution in [0.2, 0.25) is 5.02 Å². The molecule has 2 aliphatic rings. The number of aromatic carboxylic acids is 1. The minimum absolute atomic E-state index is 0.0838. The van der Waals surface area contributed by atoms with E-state index in [1.807, 2.05) is 18.2 Å². The maximum atomic E-state index is 14.3. The Bertz CT molecular complexity index is 1780. The van der Waals surface area contributed by atoms with Crippen LogP contribution in [0.25, 0.3) is 11.8 Å². The summed E-state index contributed by atoms with van der Waals surface area (Å²) in [7, 11) is 0. The van der Waals surface area contributed by atoms with Crippen molar-refractivity contribution in [3.05, 3.63) is 100 Å². The standard InChI is InChI=1S/C31H28ClFN8O4/c32-24-16-20(27(17-25(24)33)41-18-35-37-38-41)6-9-28(42)40-13-10-22-23(2-1-3-26(22)39-14-11-34-12-15-39)29(40)30(43)36-21-7-4-19(5-8-21)31(44)45/h1-9,16-18,29,34H,10-15H2,(H,36,43)(H,44,45). The fourth-order valence-corrected chi connectivity index (χ4v) is 5.86. The highest BCUT2D eigenvalue weighted by Crippen LogP contribution is 2.37. The van der Waals surface area contributed by atoms with Gasteiger partial charge in [0.25, 0.3) is 5.91 Å². The number of aromatic nitrogens is 4. The largest absolute Gasteiger partial charge is 0.478 e. The number of carbonyl (C=O) groups excluding carboxylic acids is 2. The molecule has 3 heterocycles. The summed E-state index contributed by atoms with van der Waals surface area (Å²) in [5.41, 5.74) is 3.88. The second-order valence-corrected chi connectivity index (χ2v) is 11.0. The lowest BCUT2D eigenvalue weighted by Crippen LogP contribution is -2.47. The summed E-state index contributed by atoms with van der Waals surface area (Å²) in [5, 5.41) is 26.3. The first-order valence-corrected chi connectivity index (χ1v) is 14.6. The first-order chi connectivity index (χ1) is 21.8. The Balaban J connectivity index is 1.34. The van der Waals surface area contributed by atoms with Gasteiger partial charge in [0.05, 0.1) is 16.3 Å². The van der Waals surface area contributed by atoms with E-state index in [1.165, 1.54) is 64.5 Å². The number of nitrogens with zero attached hydrogens (tertiary/aromatic N) is 6. The molecule has 230 valence electrons. The number of tetrazole rings is 1. The molecule has 4 aromatic rings. The topological polar surface area (TPSA) is 146 Å². The van der Waals surface area contributed by atoms with Gasteiger partial charge in [-0.2, -0.15) is 4.68 Å². The van der Waals surface area contributed by atoms with Crippen LogP contribution in [0.4, 0.5) is 15.8 Å². The molecule has 0 spiro atoms. The average Bonchev–Trinajstić information content (AvgIpc) is 3.60. The fraction of sp³-hybridized carbons (Fsp3) is 0.226. The molecule has 0 radical (unpaired) electrons. The summed E-state index contributed by atoms with van der Waals surface area (Å²) >= 11 is 6.06. The van der Waals surface area contributed by atoms with E-state index in [2.05, 4.69) is 31.1 Å². The summed E-state index contributed by atoms with van der Waals surface area (Å²) in [6.07, 6.45) is 4.62. The summed E-state index contributed by atoms with van der Waals surface area (Å²) in [6.45, 7) is 3.58. The molecule has 0 saturated carbocycles. The van der Waals surface area contributed by atoms with Gasteiger partial charge in [-0.05, 0) is 70.4 Å². The highest BCUT2D eigenvalue weighted by molar-refractivity contribution is 6.31. The lowest BCUT2D eigenvalue weighted by Gasteiger charge is -2.39. The number of carbonyl (C=O) groups is 3. The lowest BCUT2D eigenvalue weighted by atomic mass is 9.89. The van der Waals surface area contributed by atoms with Crippen LogP contribution in [0, 0.1) is 5.82 Å². The predicted octanol–water partition coefficient (Wildman–Crippen LogP) is 3.34. The Labute approximate surface area is 262 Å². The van der Waals surface area contributed by atoms with Gasteiger partial charge < -0.3 is 25.5 Å². The van der Waals surface area contributed by atoms with Gasteiger partial charge in [-0.25, -0.2) is 9.18 Å². The molecule has 2 amide bonds. The third-order valence-electron chi connectivity index (χ3n) is 7.86. The van der Waals surface area contributed by atoms with Crippen molar-refractivity contribution in [1.29, 1.82) is 0 Å². The molecule has 1 fully saturated rings. The van der Waals surface area contributed by atoms with Crippen molar-refractivity contribution in [3.63, 3.8) is 0 Å². The molecule has 0 aliphatic carbocycles. The number of amides is 2. The van der Waals surface area contributed by atoms with Gasteiger partial charge in [0.1, 0.15) is 18.2 Å². The Morgan fingerprint density at radius 1 is 1.04 bits per heavy atom. The van der Waals surface area contributed by atoms with E-state index in [-0.39, 0.29) is 22.8 Å². The average molecular weight is 631 g/mol. The minimum Gasteiger partial charge on any atom is -0.478 e. The summed E-state index contributed by atoms with van der Waals surface area (Å²) < 4.78 is 15.6. The fourth-order valence-electron chi connectivity index (χ4n) is 5.69. The molecule has 1 unspecified atom stereocenters. The SMILES string of the molecule is O=C(O)c1ccc(NC(=O)C2c3cccc(N4CCNCC4)c3CCN2C(=O)C=Cc2cc(Cl)c(F)cc2-n2cnnn2)cc1. The molecule has 0 bridgehead atoms. The van der Waals surface area contributed by atoms with E-state index in [0.29, 0.717) is 23.2 Å². The molecule has 14 heteroatoms. The van der Waals surface area contributed by atoms with Gasteiger partial charge in [0, 0.05) is 61.8 Å². The van der Waals surface area contributed by atoms with Crippen LogP contribution in [0.5, 0.6) is 0 Å². The van der Waals surface area contributed by atoms with Gasteiger partial charge in [-0.15, -0.1) is 5.10 Å². The first kappa shape index (κ1) is 29.9. The predicted molar refractivity (Wildman–Crippen MR) is 165 cm³/mol. The maximum absolute atomic E-state index is 14.3. The highest BCUT2D eigenvalue weighted by atomic mass is 35.5. The molecule has 45 heavy (non-hydrogen) atoms. The smallest absolute Gasteiger partial charge is 0.335 e. The molecule has 3 aromatic carbocycles. The molecule has 2 aliphatic heterocycles. The molecular formula is C31H28ClFN8O4. The van der Waals surface area contributed by atoms with E-state index >= 15 is 0 Å². The zero-order valence-electron chi connectivity index (χ0n) is 23.9. The van der Waals surface area contributed by atoms with Crippen LogP contribution in [0.3, 0.4) is 0 Å². The zero-order valence-corrected chi connectivity index (χ0v) is 24.6. The van der Waals surface area contributed by atoms with Gasteiger partial charge in [0.2, 0.25) is 5.91 Å². The third-order valence-corrected chi connectivity index (χ3v) is 8.15. The van der Waals surface area contributed by atoms with E-state index in [0.717, 1.165) is 37.4 Å². The highest BCUT2D eigenvalue weighted by Gasteiger charge is 2.37. The Hall–Kier alpha value is -5.14. The Kier molecular flexibility index (Phi) is 8.54. The van der Waals surface area contributed by atoms with Crippen molar-refractivity contribution in [3.8, 4) is 5.69 Å². The summed E-state index contributed by atoms with van der Waals surface area (Å²) in [6, 6.07) is 13.2. The Morgan fingerprint density at radius 2 is 1.82 bits per heavy atom. The van der Waals surface area contributed by atoms with Crippen molar-refractivity contribution in [2.45, 2.75) is 12.5 Å². The number of fused-ring (bicyclic) bond motifs is 1. The third kappa shape index (κ3) is 6.26. The maximum Gasteiger partial charge on any atom is 0.335 e. The van der Waals surface area contributed by atoms with Crippen LogP contribution < -0.4 is 15.5 Å². The normalized spacial score (nSPS) is 16.4. The lowest BCUT2D eigenvalue weighted by molar-refractivity contribution is -0.135. The molecular weight excluding hydrogens is 603 g/mol. The van der Waals surface area contributed by atoms with Crippen molar-refractivity contribution in [1.82, 2.24) is 30.4 Å². The number of halogens is 2. The number of rotatable bonds is 7. The number of carboxylic acid groups (broad SMARTS) is 1. The molecule has 1 aromatic heterocycles. The van der Waals surface area contributed by atoms with E-state index in [9.17, 15) is 23.9 Å². The molecule has 3 N–H and O–H groups in total. The number of carboxylic acids is 1. The van der Waals surface area contributed by atoms with Crippen LogP contribution in [-0.4, -0.2) is 80.7 Å². The second-order valence-electron chi connectivity index (χ2n) is 10.6. The van der Waals surface area contributed by atoms with Crippen LogP contribution in [0.1, 0.15) is 33.1 Å². The second kappa shape index (κ2) is 12.8. The number of piperazine rings is 1. The van der Waals surface area contributed by atoms with Gasteiger partial charge in [-0.3, -0.25) is 9.59 Å². The van der Waals surface area contributed by atoms with E-state index in [4.69, 9.17) is 11.6 Å². The summed E-state index contributed by atoms with van der Waals surface area (Å²) in [5.74, 6) is -2.65. The van der Waals surface area contributed by atoms with E-state index < -0.39 is 29.6 Å².